The van der Waals surface area contributed by atoms with E-state index in [2.05, 4.69) is 0 Å². The molecule has 0 radical (unpaired) electrons. The van der Waals surface area contributed by atoms with Gasteiger partial charge < -0.3 is 15.6 Å². The lowest BCUT2D eigenvalue weighted by molar-refractivity contribution is 0.132. The third-order valence-electron chi connectivity index (χ3n) is 2.56. The molecule has 0 bridgehead atoms. The minimum atomic E-state index is -0.730. The van der Waals surface area contributed by atoms with Gasteiger partial charge in [0, 0.05) is 5.56 Å². The molecule has 0 aliphatic heterocycles. The number of hydrogen-bond acceptors (Lipinski definition) is 3. The van der Waals surface area contributed by atoms with Gasteiger partial charge in [-0.1, -0.05) is 13.3 Å². The highest BCUT2D eigenvalue weighted by Crippen LogP contribution is 2.24. The van der Waals surface area contributed by atoms with E-state index in [4.69, 9.17) is 10.5 Å². The summed E-state index contributed by atoms with van der Waals surface area (Å²) in [5, 5.41) is 9.73. The van der Waals surface area contributed by atoms with E-state index in [1.54, 1.807) is 0 Å². The van der Waals surface area contributed by atoms with Crippen LogP contribution in [0.15, 0.2) is 18.2 Å². The van der Waals surface area contributed by atoms with Crippen LogP contribution in [0.2, 0.25) is 0 Å². The normalized spacial score (nSPS) is 13.7. The Kier molecular flexibility index (Phi) is 7.11. The minimum absolute atomic E-state index is 0. The highest BCUT2D eigenvalue weighted by atomic mass is 35.5. The molecule has 0 saturated heterocycles. The molecule has 1 aromatic carbocycles. The van der Waals surface area contributed by atoms with E-state index in [1.807, 2.05) is 6.92 Å². The molecule has 17 heavy (non-hydrogen) atoms. The molecule has 0 saturated carbocycles. The Bertz CT molecular complexity index is 349. The molecule has 0 aliphatic carbocycles. The summed E-state index contributed by atoms with van der Waals surface area (Å²) < 4.78 is 18.5. The topological polar surface area (TPSA) is 55.5 Å². The SMILES string of the molecule is CCC[C@H](O)[C@H](N)c1cc(OC)ccc1F.Cl. The number of aliphatic hydroxyl groups is 1. The lowest BCUT2D eigenvalue weighted by atomic mass is 9.98. The van der Waals surface area contributed by atoms with Crippen molar-refractivity contribution < 1.29 is 14.2 Å². The van der Waals surface area contributed by atoms with E-state index in [1.165, 1.54) is 25.3 Å². The van der Waals surface area contributed by atoms with Crippen molar-refractivity contribution in [3.63, 3.8) is 0 Å². The van der Waals surface area contributed by atoms with Crippen molar-refractivity contribution in [2.24, 2.45) is 5.73 Å². The number of aliphatic hydroxyl groups excluding tert-OH is 1. The molecule has 98 valence electrons. The van der Waals surface area contributed by atoms with Gasteiger partial charge in [-0.2, -0.15) is 0 Å². The summed E-state index contributed by atoms with van der Waals surface area (Å²) in [4.78, 5) is 0. The number of rotatable bonds is 5. The second-order valence-electron chi connectivity index (χ2n) is 3.77. The maximum Gasteiger partial charge on any atom is 0.128 e. The molecule has 0 spiro atoms. The van der Waals surface area contributed by atoms with Crippen LogP contribution in [0.5, 0.6) is 5.75 Å². The van der Waals surface area contributed by atoms with Gasteiger partial charge in [0.2, 0.25) is 0 Å². The molecule has 3 nitrogen and oxygen atoms in total. The van der Waals surface area contributed by atoms with Gasteiger partial charge in [-0.15, -0.1) is 12.4 Å². The van der Waals surface area contributed by atoms with E-state index < -0.39 is 18.0 Å². The Hall–Kier alpha value is -0.840. The van der Waals surface area contributed by atoms with Crippen LogP contribution in [0.3, 0.4) is 0 Å². The van der Waals surface area contributed by atoms with Gasteiger partial charge in [0.05, 0.1) is 19.3 Å². The predicted octanol–water partition coefficient (Wildman–Crippen LogP) is 2.42. The zero-order chi connectivity index (χ0) is 12.1. The van der Waals surface area contributed by atoms with E-state index in [-0.39, 0.29) is 12.4 Å². The Morgan fingerprint density at radius 1 is 1.47 bits per heavy atom. The number of hydrogen-bond donors (Lipinski definition) is 2. The molecule has 3 N–H and O–H groups in total. The zero-order valence-corrected chi connectivity index (χ0v) is 10.8. The molecule has 0 aromatic heterocycles. The Balaban J connectivity index is 0.00000256. The number of methoxy groups -OCH3 is 1. The van der Waals surface area contributed by atoms with Crippen LogP contribution in [-0.4, -0.2) is 18.3 Å². The minimum Gasteiger partial charge on any atom is -0.497 e. The third kappa shape index (κ3) is 4.15. The molecule has 2 atom stereocenters. The fourth-order valence-electron chi connectivity index (χ4n) is 1.59. The van der Waals surface area contributed by atoms with E-state index in [0.29, 0.717) is 17.7 Å². The molecule has 5 heteroatoms. The number of nitrogens with two attached hydrogens (primary N) is 1. The van der Waals surface area contributed by atoms with Gasteiger partial charge in [0.15, 0.2) is 0 Å². The molecule has 0 aliphatic rings. The van der Waals surface area contributed by atoms with E-state index in [9.17, 15) is 9.50 Å². The summed E-state index contributed by atoms with van der Waals surface area (Å²) in [5.41, 5.74) is 6.10. The van der Waals surface area contributed by atoms with E-state index >= 15 is 0 Å². The average molecular weight is 264 g/mol. The lowest BCUT2D eigenvalue weighted by Gasteiger charge is -2.19. The number of ether oxygens (including phenoxy) is 1. The summed E-state index contributed by atoms with van der Waals surface area (Å²) >= 11 is 0. The lowest BCUT2D eigenvalue weighted by Crippen LogP contribution is -2.26. The van der Waals surface area contributed by atoms with Gasteiger partial charge in [0.1, 0.15) is 11.6 Å². The Morgan fingerprint density at radius 3 is 2.65 bits per heavy atom. The van der Waals surface area contributed by atoms with Crippen LogP contribution in [-0.2, 0) is 0 Å². The van der Waals surface area contributed by atoms with Gasteiger partial charge >= 0.3 is 0 Å². The van der Waals surface area contributed by atoms with Crippen LogP contribution < -0.4 is 10.5 Å². The highest BCUT2D eigenvalue weighted by molar-refractivity contribution is 5.85. The molecule has 0 heterocycles. The van der Waals surface area contributed by atoms with Crippen molar-refractivity contribution in [2.45, 2.75) is 31.9 Å². The largest absolute Gasteiger partial charge is 0.497 e. The van der Waals surface area contributed by atoms with Crippen LogP contribution in [0, 0.1) is 5.82 Å². The predicted molar refractivity (Wildman–Crippen MR) is 68.0 cm³/mol. The summed E-state index contributed by atoms with van der Waals surface area (Å²) in [6, 6.07) is 3.64. The summed E-state index contributed by atoms with van der Waals surface area (Å²) in [6.45, 7) is 1.94. The Labute approximate surface area is 107 Å². The van der Waals surface area contributed by atoms with Crippen LogP contribution in [0.4, 0.5) is 4.39 Å². The van der Waals surface area contributed by atoms with E-state index in [0.717, 1.165) is 6.42 Å². The molecule has 0 unspecified atom stereocenters. The van der Waals surface area contributed by atoms with Gasteiger partial charge in [-0.05, 0) is 24.6 Å². The summed E-state index contributed by atoms with van der Waals surface area (Å²) in [6.07, 6.45) is 0.629. The van der Waals surface area contributed by atoms with Crippen LogP contribution in [0.1, 0.15) is 31.4 Å². The molecule has 0 amide bonds. The highest BCUT2D eigenvalue weighted by Gasteiger charge is 2.19. The monoisotopic (exact) mass is 263 g/mol. The average Bonchev–Trinajstić information content (AvgIpc) is 2.29. The maximum absolute atomic E-state index is 13.5. The first-order valence-corrected chi connectivity index (χ1v) is 5.37. The van der Waals surface area contributed by atoms with Crippen molar-refractivity contribution >= 4 is 12.4 Å². The fraction of sp³-hybridized carbons (Fsp3) is 0.500. The van der Waals surface area contributed by atoms with Crippen molar-refractivity contribution in [2.75, 3.05) is 7.11 Å². The smallest absolute Gasteiger partial charge is 0.128 e. The second-order valence-corrected chi connectivity index (χ2v) is 3.77. The molecule has 1 rings (SSSR count). The molecule has 0 fully saturated rings. The summed E-state index contributed by atoms with van der Waals surface area (Å²) in [7, 11) is 1.50. The molecule has 1 aromatic rings. The Morgan fingerprint density at radius 2 is 2.12 bits per heavy atom. The van der Waals surface area contributed by atoms with Crippen molar-refractivity contribution in [1.29, 1.82) is 0 Å². The van der Waals surface area contributed by atoms with Crippen molar-refractivity contribution in [1.82, 2.24) is 0 Å². The van der Waals surface area contributed by atoms with Crippen molar-refractivity contribution in [3.05, 3.63) is 29.6 Å². The second kappa shape index (κ2) is 7.48. The van der Waals surface area contributed by atoms with Crippen molar-refractivity contribution in [3.8, 4) is 5.75 Å². The standard InChI is InChI=1S/C12H18FNO2.ClH/c1-3-4-11(15)12(14)9-7-8(16-2)5-6-10(9)13;/h5-7,11-12,15H,3-4,14H2,1-2H3;1H/t11-,12+;/m0./s1. The van der Waals surface area contributed by atoms with Gasteiger partial charge in [-0.25, -0.2) is 4.39 Å². The van der Waals surface area contributed by atoms with Gasteiger partial charge in [0.25, 0.3) is 0 Å². The number of halogens is 2. The molecular weight excluding hydrogens is 245 g/mol. The first kappa shape index (κ1) is 16.2. The zero-order valence-electron chi connectivity index (χ0n) is 10.0. The molecular formula is C12H19ClFNO2. The fourth-order valence-corrected chi connectivity index (χ4v) is 1.59. The van der Waals surface area contributed by atoms with Crippen LogP contribution >= 0.6 is 12.4 Å². The first-order valence-electron chi connectivity index (χ1n) is 5.37. The number of benzene rings is 1. The van der Waals surface area contributed by atoms with Gasteiger partial charge in [-0.3, -0.25) is 0 Å². The first-order chi connectivity index (χ1) is 7.60. The quantitative estimate of drug-likeness (QED) is 0.858. The third-order valence-corrected chi connectivity index (χ3v) is 2.56. The summed E-state index contributed by atoms with van der Waals surface area (Å²) in [5.74, 6) is 0.124. The maximum atomic E-state index is 13.5. The van der Waals surface area contributed by atoms with Crippen LogP contribution in [0.25, 0.3) is 0 Å².